The van der Waals surface area contributed by atoms with Crippen molar-refractivity contribution in [3.63, 3.8) is 0 Å². The van der Waals surface area contributed by atoms with E-state index in [2.05, 4.69) is 77.1 Å². The van der Waals surface area contributed by atoms with Crippen LogP contribution in [0.4, 0.5) is 0 Å². The number of aromatic nitrogens is 1. The van der Waals surface area contributed by atoms with E-state index in [1.807, 2.05) is 30.5 Å². The van der Waals surface area contributed by atoms with Gasteiger partial charge < -0.3 is 0 Å². The van der Waals surface area contributed by atoms with Crippen molar-refractivity contribution in [3.8, 4) is 21.3 Å². The fourth-order valence-corrected chi connectivity index (χ4v) is 8.40. The second kappa shape index (κ2) is 9.51. The van der Waals surface area contributed by atoms with Gasteiger partial charge in [0.05, 0.1) is 0 Å². The fourth-order valence-electron chi connectivity index (χ4n) is 5.87. The molecular weight excluding hydrogens is 525 g/mol. The van der Waals surface area contributed by atoms with E-state index >= 15 is 0 Å². The van der Waals surface area contributed by atoms with Gasteiger partial charge in [0.1, 0.15) is 0 Å². The van der Waals surface area contributed by atoms with Crippen molar-refractivity contribution in [2.75, 3.05) is 0 Å². The topological polar surface area (TPSA) is 12.9 Å². The Morgan fingerprint density at radius 1 is 0.947 bits per heavy atom. The molecule has 0 unspecified atom stereocenters. The number of benzene rings is 3. The molecule has 0 amide bonds. The Labute approximate surface area is 239 Å². The van der Waals surface area contributed by atoms with Crippen LogP contribution >= 0.6 is 0 Å². The minimum atomic E-state index is -2.26. The summed E-state index contributed by atoms with van der Waals surface area (Å²) in [6.45, 7) is 9.02. The van der Waals surface area contributed by atoms with Crippen LogP contribution in [-0.4, -0.2) is 19.5 Å². The molecule has 38 heavy (non-hydrogen) atoms. The summed E-state index contributed by atoms with van der Waals surface area (Å²) in [5, 5.41) is 3.59. The number of hydrogen-bond acceptors (Lipinski definition) is 1. The van der Waals surface area contributed by atoms with Gasteiger partial charge in [-0.1, -0.05) is 0 Å². The first kappa shape index (κ1) is 21.2. The monoisotopic (exact) mass is 569 g/mol. The van der Waals surface area contributed by atoms with E-state index in [1.54, 1.807) is 0 Å². The minimum absolute atomic E-state index is 0.0260. The van der Waals surface area contributed by atoms with E-state index in [4.69, 9.17) is 9.10 Å². The molecule has 0 aliphatic heterocycles. The van der Waals surface area contributed by atoms with Crippen molar-refractivity contribution in [3.05, 3.63) is 89.6 Å². The molecule has 0 N–H and O–H groups in total. The van der Waals surface area contributed by atoms with Gasteiger partial charge in [-0.15, -0.1) is 0 Å². The molecule has 1 saturated carbocycles. The zero-order chi connectivity index (χ0) is 30.1. The van der Waals surface area contributed by atoms with Gasteiger partial charge in [0.15, 0.2) is 0 Å². The molecule has 2 aromatic heterocycles. The fraction of sp³-hybridized carbons (Fsp3) is 0.361. The molecular formula is C36H39NSe. The van der Waals surface area contributed by atoms with Crippen LogP contribution in [0.2, 0.25) is 0 Å². The normalized spacial score (nSPS) is 19.1. The Balaban J connectivity index is 1.48. The second-order valence-corrected chi connectivity index (χ2v) is 14.9. The van der Waals surface area contributed by atoms with E-state index < -0.39 is 12.7 Å². The third-order valence-electron chi connectivity index (χ3n) is 8.28. The van der Waals surface area contributed by atoms with Gasteiger partial charge in [-0.3, -0.25) is 0 Å². The van der Waals surface area contributed by atoms with Crippen LogP contribution in [0.5, 0.6) is 0 Å². The molecule has 1 aliphatic carbocycles. The summed E-state index contributed by atoms with van der Waals surface area (Å²) in [5.41, 5.74) is 5.59. The van der Waals surface area contributed by atoms with Crippen LogP contribution in [0.1, 0.15) is 88.4 Å². The zero-order valence-electron chi connectivity index (χ0n) is 27.1. The molecule has 3 aromatic carbocycles. The number of rotatable bonds is 3. The van der Waals surface area contributed by atoms with Crippen molar-refractivity contribution in [1.82, 2.24) is 4.98 Å². The Bertz CT molecular complexity index is 1800. The van der Waals surface area contributed by atoms with Crippen LogP contribution in [0.15, 0.2) is 72.9 Å². The molecule has 0 radical (unpaired) electrons. The number of hydrogen-bond donors (Lipinski definition) is 0. The maximum atomic E-state index is 9.26. The van der Waals surface area contributed by atoms with Crippen LogP contribution in [0.3, 0.4) is 0 Å². The molecule has 0 bridgehead atoms. The predicted octanol–water partition coefficient (Wildman–Crippen LogP) is 10.1. The van der Waals surface area contributed by atoms with Crippen molar-refractivity contribution in [2.24, 2.45) is 5.41 Å². The van der Waals surface area contributed by atoms with Gasteiger partial charge in [-0.05, 0) is 0 Å². The molecule has 2 heterocycles. The van der Waals surface area contributed by atoms with Gasteiger partial charge in [0.25, 0.3) is 0 Å². The number of nitrogens with zero attached hydrogens (tertiary/aromatic N) is 1. The molecule has 1 aliphatic rings. The predicted molar refractivity (Wildman–Crippen MR) is 165 cm³/mol. The van der Waals surface area contributed by atoms with E-state index in [9.17, 15) is 1.37 Å². The molecule has 0 spiro atoms. The summed E-state index contributed by atoms with van der Waals surface area (Å²) < 4.78 is 36.9. The molecule has 1 nitrogen and oxygen atoms in total. The number of fused-ring (bicyclic) bond motifs is 2. The van der Waals surface area contributed by atoms with E-state index in [1.165, 1.54) is 20.6 Å². The summed E-state index contributed by atoms with van der Waals surface area (Å²) in [6, 6.07) is 23.1. The van der Waals surface area contributed by atoms with Crippen LogP contribution in [-0.2, 0) is 5.41 Å². The standard InChI is InChI=1S/C36H39NSe/c1-23-19-25(24-13-16-36(5,6)17-14-24)11-12-29(23)32-22-27-15-18-37-33(34(27)38-32)28-20-26-9-7-8-10-30(26)31(21-28)35(2,3)4/h7-12,15,18-22,24H,13-14,16-17H2,1-6H3/i1D3,24D. The third-order valence-corrected chi connectivity index (χ3v) is 10.8. The molecule has 0 saturated heterocycles. The Kier molecular flexibility index (Phi) is 5.30. The Hall–Kier alpha value is -2.67. The van der Waals surface area contributed by atoms with Crippen molar-refractivity contribution in [2.45, 2.75) is 78.5 Å². The van der Waals surface area contributed by atoms with Crippen molar-refractivity contribution >= 4 is 34.9 Å². The maximum absolute atomic E-state index is 9.26. The van der Waals surface area contributed by atoms with E-state index in [-0.39, 0.29) is 25.3 Å². The third kappa shape index (κ3) is 4.78. The molecule has 5 aromatic rings. The van der Waals surface area contributed by atoms with Gasteiger partial charge in [0, 0.05) is 0 Å². The summed E-state index contributed by atoms with van der Waals surface area (Å²) >= 11 is -0.110. The van der Waals surface area contributed by atoms with Gasteiger partial charge in [0.2, 0.25) is 0 Å². The summed E-state index contributed by atoms with van der Waals surface area (Å²) in [7, 11) is 0. The summed E-state index contributed by atoms with van der Waals surface area (Å²) in [5.74, 6) is -0.732. The Morgan fingerprint density at radius 2 is 1.74 bits per heavy atom. The summed E-state index contributed by atoms with van der Waals surface area (Å²) in [4.78, 5) is 4.89. The molecule has 6 rings (SSSR count). The van der Waals surface area contributed by atoms with Gasteiger partial charge in [-0.2, -0.15) is 0 Å². The van der Waals surface area contributed by atoms with E-state index in [0.29, 0.717) is 5.56 Å². The molecule has 2 heteroatoms. The van der Waals surface area contributed by atoms with Gasteiger partial charge in [-0.25, -0.2) is 0 Å². The van der Waals surface area contributed by atoms with Crippen molar-refractivity contribution < 1.29 is 5.48 Å². The molecule has 1 fully saturated rings. The van der Waals surface area contributed by atoms with E-state index in [0.717, 1.165) is 57.9 Å². The quantitative estimate of drug-likeness (QED) is 0.197. The SMILES string of the molecule is [2H]C([2H])([2H])c1cc(C2([2H])CCC(C)(C)CC2)ccc1-c1cc2ccnc(-c3cc(C(C)(C)C)c4ccccc4c3)c2[se]1. The average molecular weight is 569 g/mol. The first-order valence-corrected chi connectivity index (χ1v) is 15.4. The first-order valence-electron chi connectivity index (χ1n) is 15.7. The molecule has 0 atom stereocenters. The Morgan fingerprint density at radius 3 is 2.50 bits per heavy atom. The molecule has 194 valence electrons. The summed E-state index contributed by atoms with van der Waals surface area (Å²) in [6.07, 6.45) is 5.35. The van der Waals surface area contributed by atoms with Crippen molar-refractivity contribution in [1.29, 1.82) is 0 Å². The van der Waals surface area contributed by atoms with Crippen LogP contribution < -0.4 is 0 Å². The second-order valence-electron chi connectivity index (χ2n) is 12.7. The van der Waals surface area contributed by atoms with Gasteiger partial charge >= 0.3 is 240 Å². The van der Waals surface area contributed by atoms with Crippen LogP contribution in [0, 0.1) is 12.3 Å². The number of pyridine rings is 1. The number of aryl methyl sites for hydroxylation is 1. The average Bonchev–Trinajstić information content (AvgIpc) is 3.37. The van der Waals surface area contributed by atoms with Crippen LogP contribution in [0.25, 0.3) is 41.7 Å². The first-order chi connectivity index (χ1) is 19.6. The zero-order valence-corrected chi connectivity index (χ0v) is 24.8.